The van der Waals surface area contributed by atoms with E-state index in [9.17, 15) is 8.78 Å². The Balaban J connectivity index is 0.00000676. The lowest BCUT2D eigenvalue weighted by Gasteiger charge is -2.20. The number of hydrogen-bond acceptors (Lipinski definition) is 4. The summed E-state index contributed by atoms with van der Waals surface area (Å²) >= 11 is 0. The van der Waals surface area contributed by atoms with E-state index in [1.165, 1.54) is 0 Å². The Morgan fingerprint density at radius 3 is 2.44 bits per heavy atom. The van der Waals surface area contributed by atoms with E-state index in [0.29, 0.717) is 23.9 Å². The summed E-state index contributed by atoms with van der Waals surface area (Å²) in [5.41, 5.74) is 0.572. The number of benzene rings is 1. The van der Waals surface area contributed by atoms with Gasteiger partial charge < -0.3 is 25.0 Å². The third-order valence-corrected chi connectivity index (χ3v) is 3.85. The van der Waals surface area contributed by atoms with Crippen molar-refractivity contribution in [2.45, 2.75) is 33.9 Å². The van der Waals surface area contributed by atoms with Crippen LogP contribution in [-0.4, -0.2) is 57.3 Å². The molecule has 0 aliphatic carbocycles. The van der Waals surface area contributed by atoms with Crippen LogP contribution in [0.15, 0.2) is 23.2 Å². The third-order valence-electron chi connectivity index (χ3n) is 3.85. The first-order valence-electron chi connectivity index (χ1n) is 8.91. The van der Waals surface area contributed by atoms with E-state index >= 15 is 0 Å². The SMILES string of the molecule is CCOc1cccc(CNC(=NC)NCCN(CC)CC)c1OC(F)F.I. The highest BCUT2D eigenvalue weighted by atomic mass is 127. The van der Waals surface area contributed by atoms with Crippen LogP contribution in [0.4, 0.5) is 8.78 Å². The number of halogens is 3. The minimum absolute atomic E-state index is 0. The lowest BCUT2D eigenvalue weighted by atomic mass is 10.2. The fourth-order valence-corrected chi connectivity index (χ4v) is 2.46. The fourth-order valence-electron chi connectivity index (χ4n) is 2.46. The summed E-state index contributed by atoms with van der Waals surface area (Å²) < 4.78 is 35.6. The van der Waals surface area contributed by atoms with Gasteiger partial charge >= 0.3 is 6.61 Å². The van der Waals surface area contributed by atoms with Crippen LogP contribution in [0.2, 0.25) is 0 Å². The molecule has 0 saturated heterocycles. The molecule has 0 saturated carbocycles. The van der Waals surface area contributed by atoms with Crippen LogP contribution in [0.5, 0.6) is 11.5 Å². The van der Waals surface area contributed by atoms with Gasteiger partial charge in [0.2, 0.25) is 0 Å². The zero-order valence-corrected chi connectivity index (χ0v) is 18.8. The predicted molar refractivity (Wildman–Crippen MR) is 116 cm³/mol. The minimum atomic E-state index is -2.91. The smallest absolute Gasteiger partial charge is 0.387 e. The number of likely N-dealkylation sites (N-methyl/N-ethyl adjacent to an activating group) is 1. The fraction of sp³-hybridized carbons (Fsp3) is 0.611. The normalized spacial score (nSPS) is 11.3. The number of hydrogen-bond donors (Lipinski definition) is 2. The van der Waals surface area contributed by atoms with Gasteiger partial charge in [0.05, 0.1) is 6.61 Å². The Morgan fingerprint density at radius 1 is 1.19 bits per heavy atom. The second kappa shape index (κ2) is 14.7. The van der Waals surface area contributed by atoms with Crippen LogP contribution in [0.25, 0.3) is 0 Å². The summed E-state index contributed by atoms with van der Waals surface area (Å²) in [7, 11) is 1.67. The first kappa shape index (κ1) is 25.6. The third kappa shape index (κ3) is 9.41. The van der Waals surface area contributed by atoms with Crippen molar-refractivity contribution in [2.24, 2.45) is 4.99 Å². The molecule has 0 bridgehead atoms. The second-order valence-corrected chi connectivity index (χ2v) is 5.44. The molecule has 0 aliphatic heterocycles. The molecule has 9 heteroatoms. The molecule has 1 aromatic carbocycles. The highest BCUT2D eigenvalue weighted by Gasteiger charge is 2.16. The van der Waals surface area contributed by atoms with Crippen LogP contribution < -0.4 is 20.1 Å². The monoisotopic (exact) mass is 500 g/mol. The van der Waals surface area contributed by atoms with Gasteiger partial charge in [-0.15, -0.1) is 24.0 Å². The zero-order valence-electron chi connectivity index (χ0n) is 16.4. The number of ether oxygens (including phenoxy) is 2. The van der Waals surface area contributed by atoms with E-state index in [-0.39, 0.29) is 36.3 Å². The van der Waals surface area contributed by atoms with E-state index < -0.39 is 6.61 Å². The highest BCUT2D eigenvalue weighted by Crippen LogP contribution is 2.32. The molecular formula is C18H31F2IN4O2. The molecular weight excluding hydrogens is 469 g/mol. The lowest BCUT2D eigenvalue weighted by molar-refractivity contribution is -0.0520. The van der Waals surface area contributed by atoms with Gasteiger partial charge in [-0.2, -0.15) is 8.78 Å². The molecule has 0 unspecified atom stereocenters. The van der Waals surface area contributed by atoms with Crippen molar-refractivity contribution in [1.29, 1.82) is 0 Å². The van der Waals surface area contributed by atoms with E-state index in [1.54, 1.807) is 32.2 Å². The van der Waals surface area contributed by atoms with Crippen molar-refractivity contribution in [3.8, 4) is 11.5 Å². The van der Waals surface area contributed by atoms with Crippen molar-refractivity contribution in [1.82, 2.24) is 15.5 Å². The van der Waals surface area contributed by atoms with Gasteiger partial charge in [-0.25, -0.2) is 0 Å². The average molecular weight is 500 g/mol. The molecule has 0 aromatic heterocycles. The van der Waals surface area contributed by atoms with Crippen molar-refractivity contribution in [3.05, 3.63) is 23.8 Å². The molecule has 1 rings (SSSR count). The maximum Gasteiger partial charge on any atom is 0.387 e. The lowest BCUT2D eigenvalue weighted by Crippen LogP contribution is -2.41. The number of alkyl halides is 2. The van der Waals surface area contributed by atoms with E-state index in [2.05, 4.69) is 39.1 Å². The Bertz CT molecular complexity index is 558. The summed E-state index contributed by atoms with van der Waals surface area (Å²) in [5, 5.41) is 6.33. The van der Waals surface area contributed by atoms with Crippen LogP contribution in [0.1, 0.15) is 26.3 Å². The van der Waals surface area contributed by atoms with Crippen molar-refractivity contribution in [2.75, 3.05) is 39.8 Å². The van der Waals surface area contributed by atoms with Gasteiger partial charge in [-0.1, -0.05) is 26.0 Å². The average Bonchev–Trinajstić information content (AvgIpc) is 2.63. The summed E-state index contributed by atoms with van der Waals surface area (Å²) in [6, 6.07) is 5.08. The van der Waals surface area contributed by atoms with Crippen molar-refractivity contribution in [3.63, 3.8) is 0 Å². The molecule has 0 fully saturated rings. The Hall–Kier alpha value is -1.36. The molecule has 1 aromatic rings. The van der Waals surface area contributed by atoms with Crippen molar-refractivity contribution >= 4 is 29.9 Å². The molecule has 156 valence electrons. The maximum absolute atomic E-state index is 12.8. The van der Waals surface area contributed by atoms with Gasteiger partial charge in [0.25, 0.3) is 0 Å². The molecule has 2 N–H and O–H groups in total. The molecule has 0 aliphatic rings. The second-order valence-electron chi connectivity index (χ2n) is 5.44. The standard InChI is InChI=1S/C18H30F2N4O2.HI/c1-5-24(6-2)12-11-22-18(21-4)23-13-14-9-8-10-15(25-7-3)16(14)26-17(19)20;/h8-10,17H,5-7,11-13H2,1-4H3,(H2,21,22,23);1H. The van der Waals surface area contributed by atoms with Gasteiger partial charge in [-0.05, 0) is 26.1 Å². The first-order valence-corrected chi connectivity index (χ1v) is 8.91. The Labute approximate surface area is 177 Å². The Morgan fingerprint density at radius 2 is 1.89 bits per heavy atom. The zero-order chi connectivity index (χ0) is 19.4. The van der Waals surface area contributed by atoms with Crippen LogP contribution in [0.3, 0.4) is 0 Å². The molecule has 0 heterocycles. The largest absolute Gasteiger partial charge is 0.490 e. The summed E-state index contributed by atoms with van der Waals surface area (Å²) in [6.07, 6.45) is 0. The van der Waals surface area contributed by atoms with Gasteiger partial charge in [-0.3, -0.25) is 4.99 Å². The molecule has 27 heavy (non-hydrogen) atoms. The molecule has 0 atom stereocenters. The van der Waals surface area contributed by atoms with Crippen LogP contribution in [0, 0.1) is 0 Å². The number of rotatable bonds is 11. The number of nitrogens with one attached hydrogen (secondary N) is 2. The topological polar surface area (TPSA) is 58.1 Å². The van der Waals surface area contributed by atoms with Gasteiger partial charge in [0.15, 0.2) is 17.5 Å². The van der Waals surface area contributed by atoms with Crippen molar-refractivity contribution < 1.29 is 18.3 Å². The minimum Gasteiger partial charge on any atom is -0.490 e. The first-order chi connectivity index (χ1) is 12.5. The number of aliphatic imine (C=N–C) groups is 1. The molecule has 6 nitrogen and oxygen atoms in total. The number of para-hydroxylation sites is 1. The predicted octanol–water partition coefficient (Wildman–Crippen LogP) is 3.31. The summed E-state index contributed by atoms with van der Waals surface area (Å²) in [4.78, 5) is 6.45. The van der Waals surface area contributed by atoms with Crippen LogP contribution in [-0.2, 0) is 6.54 Å². The van der Waals surface area contributed by atoms with E-state index in [1.807, 2.05) is 0 Å². The Kier molecular flexibility index (Phi) is 13.9. The van der Waals surface area contributed by atoms with Gasteiger partial charge in [0, 0.05) is 32.2 Å². The van der Waals surface area contributed by atoms with Crippen LogP contribution >= 0.6 is 24.0 Å². The maximum atomic E-state index is 12.8. The van der Waals surface area contributed by atoms with E-state index in [0.717, 1.165) is 26.2 Å². The quantitative estimate of drug-likeness (QED) is 0.278. The summed E-state index contributed by atoms with van der Waals surface area (Å²) in [5.74, 6) is 0.953. The highest BCUT2D eigenvalue weighted by molar-refractivity contribution is 14.0. The molecule has 0 amide bonds. The molecule has 0 radical (unpaired) electrons. The number of nitrogens with zero attached hydrogens (tertiary/aromatic N) is 2. The molecule has 0 spiro atoms. The van der Waals surface area contributed by atoms with Gasteiger partial charge in [0.1, 0.15) is 0 Å². The number of guanidine groups is 1. The van der Waals surface area contributed by atoms with E-state index in [4.69, 9.17) is 4.74 Å². The summed E-state index contributed by atoms with van der Waals surface area (Å²) in [6.45, 7) is 7.37.